The molecule has 0 bridgehead atoms. The van der Waals surface area contributed by atoms with Crippen molar-refractivity contribution in [3.63, 3.8) is 0 Å². The first kappa shape index (κ1) is 17.8. The molecule has 2 heterocycles. The molecule has 0 spiro atoms. The number of benzene rings is 1. The van der Waals surface area contributed by atoms with E-state index in [0.29, 0.717) is 11.7 Å². The molecule has 0 radical (unpaired) electrons. The smallest absolute Gasteiger partial charge is 0.254 e. The molecule has 1 N–H and O–H groups in total. The summed E-state index contributed by atoms with van der Waals surface area (Å²) in [7, 11) is 1.63. The third kappa shape index (κ3) is 4.56. The summed E-state index contributed by atoms with van der Waals surface area (Å²) < 4.78 is 16.5. The van der Waals surface area contributed by atoms with Crippen LogP contribution in [0.5, 0.6) is 5.75 Å². The average molecular weight is 362 g/mol. The van der Waals surface area contributed by atoms with Gasteiger partial charge in [0.15, 0.2) is 5.13 Å². The zero-order valence-corrected chi connectivity index (χ0v) is 15.2. The Morgan fingerprint density at radius 2 is 2.32 bits per heavy atom. The molecule has 3 rings (SSSR count). The van der Waals surface area contributed by atoms with Gasteiger partial charge in [-0.1, -0.05) is 12.1 Å². The number of anilines is 1. The lowest BCUT2D eigenvalue weighted by Crippen LogP contribution is -2.30. The third-order valence-corrected chi connectivity index (χ3v) is 4.80. The Morgan fingerprint density at radius 1 is 1.48 bits per heavy atom. The van der Waals surface area contributed by atoms with E-state index in [0.717, 1.165) is 36.5 Å². The number of ether oxygens (including phenoxy) is 3. The second-order valence-electron chi connectivity index (χ2n) is 5.84. The van der Waals surface area contributed by atoms with Gasteiger partial charge in [0.05, 0.1) is 25.5 Å². The molecule has 1 fully saturated rings. The second kappa shape index (κ2) is 8.42. The molecule has 7 heteroatoms. The average Bonchev–Trinajstić information content (AvgIpc) is 3.31. The number of rotatable bonds is 7. The quantitative estimate of drug-likeness (QED) is 0.818. The van der Waals surface area contributed by atoms with Crippen LogP contribution in [0.3, 0.4) is 0 Å². The number of nitrogens with one attached hydrogen (secondary N) is 1. The van der Waals surface area contributed by atoms with Crippen molar-refractivity contribution < 1.29 is 19.0 Å². The number of carbonyl (C=O) groups is 1. The van der Waals surface area contributed by atoms with Crippen LogP contribution in [0.25, 0.3) is 11.3 Å². The summed E-state index contributed by atoms with van der Waals surface area (Å²) in [5.74, 6) is 0.540. The van der Waals surface area contributed by atoms with Crippen LogP contribution in [0, 0.1) is 0 Å². The summed E-state index contributed by atoms with van der Waals surface area (Å²) in [5.41, 5.74) is 1.66. The highest BCUT2D eigenvalue weighted by atomic mass is 32.1. The van der Waals surface area contributed by atoms with Gasteiger partial charge in [0.25, 0.3) is 5.91 Å². The van der Waals surface area contributed by atoms with Crippen molar-refractivity contribution in [2.24, 2.45) is 0 Å². The normalized spacial score (nSPS) is 18.1. The van der Waals surface area contributed by atoms with Gasteiger partial charge in [-0.25, -0.2) is 4.98 Å². The number of carbonyl (C=O) groups excluding carboxylic acids is 1. The molecule has 1 amide bonds. The monoisotopic (exact) mass is 362 g/mol. The topological polar surface area (TPSA) is 69.7 Å². The predicted octanol–water partition coefficient (Wildman–Crippen LogP) is 3.34. The fraction of sp³-hybridized carbons (Fsp3) is 0.444. The maximum atomic E-state index is 12.3. The molecule has 2 atom stereocenters. The number of hydrogen-bond acceptors (Lipinski definition) is 6. The Hall–Kier alpha value is -1.96. The molecule has 1 saturated heterocycles. The molecule has 25 heavy (non-hydrogen) atoms. The molecule has 1 aromatic heterocycles. The molecule has 2 unspecified atom stereocenters. The fourth-order valence-electron chi connectivity index (χ4n) is 2.62. The molecular formula is C18H22N2O4S. The second-order valence-corrected chi connectivity index (χ2v) is 6.70. The highest BCUT2D eigenvalue weighted by Gasteiger charge is 2.20. The predicted molar refractivity (Wildman–Crippen MR) is 97.1 cm³/mol. The fourth-order valence-corrected chi connectivity index (χ4v) is 3.33. The largest absolute Gasteiger partial charge is 0.496 e. The minimum atomic E-state index is -0.553. The summed E-state index contributed by atoms with van der Waals surface area (Å²) in [6, 6.07) is 7.65. The van der Waals surface area contributed by atoms with E-state index in [-0.39, 0.29) is 12.0 Å². The lowest BCUT2D eigenvalue weighted by molar-refractivity contribution is -0.128. The number of hydrogen-bond donors (Lipinski definition) is 1. The van der Waals surface area contributed by atoms with E-state index in [9.17, 15) is 4.79 Å². The van der Waals surface area contributed by atoms with E-state index in [1.165, 1.54) is 11.3 Å². The zero-order valence-electron chi connectivity index (χ0n) is 14.4. The molecule has 2 aromatic rings. The van der Waals surface area contributed by atoms with Crippen molar-refractivity contribution in [1.82, 2.24) is 4.98 Å². The first-order valence-corrected chi connectivity index (χ1v) is 9.18. The Morgan fingerprint density at radius 3 is 3.08 bits per heavy atom. The van der Waals surface area contributed by atoms with Gasteiger partial charge in [0.1, 0.15) is 11.9 Å². The van der Waals surface area contributed by atoms with E-state index in [4.69, 9.17) is 14.2 Å². The number of methoxy groups -OCH3 is 1. The summed E-state index contributed by atoms with van der Waals surface area (Å²) in [5, 5.41) is 5.24. The maximum absolute atomic E-state index is 12.3. The van der Waals surface area contributed by atoms with Gasteiger partial charge in [-0.15, -0.1) is 11.3 Å². The summed E-state index contributed by atoms with van der Waals surface area (Å²) in [6.45, 7) is 2.96. The van der Waals surface area contributed by atoms with Gasteiger partial charge in [-0.05, 0) is 31.9 Å². The number of para-hydroxylation sites is 1. The highest BCUT2D eigenvalue weighted by Crippen LogP contribution is 2.31. The Bertz CT molecular complexity index is 713. The van der Waals surface area contributed by atoms with Crippen LogP contribution < -0.4 is 10.1 Å². The van der Waals surface area contributed by atoms with Crippen LogP contribution in [0.4, 0.5) is 5.13 Å². The summed E-state index contributed by atoms with van der Waals surface area (Å²) in [6.07, 6.45) is 1.60. The standard InChI is InChI=1S/C18H22N2O4S/c1-12(24-10-13-6-5-9-23-13)17(21)20-18-19-15(11-25-18)14-7-3-4-8-16(14)22-2/h3-4,7-8,11-13H,5-6,9-10H2,1-2H3,(H,19,20,21). The minimum absolute atomic E-state index is 0.104. The van der Waals surface area contributed by atoms with Gasteiger partial charge < -0.3 is 14.2 Å². The zero-order chi connectivity index (χ0) is 17.6. The van der Waals surface area contributed by atoms with Crippen molar-refractivity contribution in [3.8, 4) is 17.0 Å². The SMILES string of the molecule is COc1ccccc1-c1csc(NC(=O)C(C)OCC2CCCO2)n1. The van der Waals surface area contributed by atoms with Crippen LogP contribution in [-0.2, 0) is 14.3 Å². The maximum Gasteiger partial charge on any atom is 0.254 e. The molecule has 1 aliphatic rings. The minimum Gasteiger partial charge on any atom is -0.496 e. The number of amides is 1. The van der Waals surface area contributed by atoms with Gasteiger partial charge in [0.2, 0.25) is 0 Å². The lowest BCUT2D eigenvalue weighted by atomic mass is 10.1. The number of nitrogens with zero attached hydrogens (tertiary/aromatic N) is 1. The summed E-state index contributed by atoms with van der Waals surface area (Å²) >= 11 is 1.37. The van der Waals surface area contributed by atoms with Crippen molar-refractivity contribution in [3.05, 3.63) is 29.6 Å². The van der Waals surface area contributed by atoms with E-state index < -0.39 is 6.10 Å². The van der Waals surface area contributed by atoms with E-state index >= 15 is 0 Å². The van der Waals surface area contributed by atoms with Crippen LogP contribution in [0.15, 0.2) is 29.6 Å². The van der Waals surface area contributed by atoms with E-state index in [1.807, 2.05) is 29.6 Å². The molecule has 0 aliphatic carbocycles. The molecule has 134 valence electrons. The Kier molecular flexibility index (Phi) is 6.01. The molecule has 1 aromatic carbocycles. The van der Waals surface area contributed by atoms with Gasteiger partial charge in [-0.2, -0.15) is 0 Å². The summed E-state index contributed by atoms with van der Waals surface area (Å²) in [4.78, 5) is 16.7. The van der Waals surface area contributed by atoms with Crippen LogP contribution in [0.1, 0.15) is 19.8 Å². The van der Waals surface area contributed by atoms with Crippen LogP contribution in [0.2, 0.25) is 0 Å². The van der Waals surface area contributed by atoms with Crippen molar-refractivity contribution in [2.75, 3.05) is 25.6 Å². The number of aromatic nitrogens is 1. The molecule has 0 saturated carbocycles. The van der Waals surface area contributed by atoms with Crippen molar-refractivity contribution >= 4 is 22.4 Å². The van der Waals surface area contributed by atoms with Crippen molar-refractivity contribution in [1.29, 1.82) is 0 Å². The van der Waals surface area contributed by atoms with E-state index in [2.05, 4.69) is 10.3 Å². The molecule has 1 aliphatic heterocycles. The molecular weight excluding hydrogens is 340 g/mol. The first-order chi connectivity index (χ1) is 12.2. The number of thiazole rings is 1. The lowest BCUT2D eigenvalue weighted by Gasteiger charge is -2.15. The van der Waals surface area contributed by atoms with Gasteiger partial charge >= 0.3 is 0 Å². The van der Waals surface area contributed by atoms with Crippen molar-refractivity contribution in [2.45, 2.75) is 32.0 Å². The van der Waals surface area contributed by atoms with Crippen LogP contribution >= 0.6 is 11.3 Å². The first-order valence-electron chi connectivity index (χ1n) is 8.30. The van der Waals surface area contributed by atoms with Gasteiger partial charge in [0, 0.05) is 17.6 Å². The van der Waals surface area contributed by atoms with E-state index in [1.54, 1.807) is 14.0 Å². The Balaban J connectivity index is 1.57. The molecule has 6 nitrogen and oxygen atoms in total. The third-order valence-electron chi connectivity index (χ3n) is 4.04. The highest BCUT2D eigenvalue weighted by molar-refractivity contribution is 7.14. The van der Waals surface area contributed by atoms with Crippen LogP contribution in [-0.4, -0.2) is 43.4 Å². The Labute approximate surface area is 151 Å². The van der Waals surface area contributed by atoms with Gasteiger partial charge in [-0.3, -0.25) is 10.1 Å².